The number of carbonyl (C=O) groups is 1. The van der Waals surface area contributed by atoms with Crippen LogP contribution in [0.15, 0.2) is 67.4 Å². The van der Waals surface area contributed by atoms with Gasteiger partial charge in [-0.15, -0.1) is 0 Å². The molecule has 1 aliphatic heterocycles. The number of carbonyl (C=O) groups excluding carboxylic acids is 1. The SMILES string of the molecule is CN/C=C(\C=N)c1ccc(CNc2cc(-c3cnc4cc(OCCN5CCC(=O)N(C)CC5)ccn34)ncn2)cc1. The van der Waals surface area contributed by atoms with Crippen LogP contribution in [0, 0.1) is 5.41 Å². The Morgan fingerprint density at radius 1 is 1.10 bits per heavy atom. The maximum Gasteiger partial charge on any atom is 0.223 e. The number of allylic oxidation sites excluding steroid dienone is 1. The van der Waals surface area contributed by atoms with Crippen molar-refractivity contribution in [2.75, 3.05) is 52.2 Å². The van der Waals surface area contributed by atoms with Gasteiger partial charge < -0.3 is 25.7 Å². The Labute approximate surface area is 239 Å². The van der Waals surface area contributed by atoms with E-state index in [1.54, 1.807) is 23.6 Å². The molecule has 1 aliphatic rings. The molecule has 4 aromatic rings. The lowest BCUT2D eigenvalue weighted by Gasteiger charge is -2.19. The zero-order valence-corrected chi connectivity index (χ0v) is 23.4. The minimum Gasteiger partial charge on any atom is -0.492 e. The van der Waals surface area contributed by atoms with E-state index in [0.717, 1.165) is 65.7 Å². The number of amides is 1. The van der Waals surface area contributed by atoms with Crippen molar-refractivity contribution in [2.24, 2.45) is 0 Å². The first kappa shape index (κ1) is 27.8. The molecule has 0 saturated carbocycles. The van der Waals surface area contributed by atoms with Crippen LogP contribution in [0.4, 0.5) is 5.82 Å². The number of anilines is 1. The van der Waals surface area contributed by atoms with Gasteiger partial charge in [-0.1, -0.05) is 24.3 Å². The van der Waals surface area contributed by atoms with Crippen molar-refractivity contribution >= 4 is 29.2 Å². The zero-order valence-electron chi connectivity index (χ0n) is 23.4. The van der Waals surface area contributed by atoms with Crippen LogP contribution in [0.25, 0.3) is 22.6 Å². The van der Waals surface area contributed by atoms with E-state index in [2.05, 4.69) is 30.5 Å². The number of likely N-dealkylation sites (N-methyl/N-ethyl adjacent to an activating group) is 1. The standard InChI is InChI=1S/C30H35N9O2/c1-32-19-24(17-31)23-5-3-22(4-6-23)18-33-28-16-26(35-21-36-28)27-20-34-29-15-25(7-10-39(27)29)41-14-13-38-9-8-30(40)37(2)11-12-38/h3-7,10,15-17,19-21,31-32H,8-9,11-14,18H2,1-2H3,(H,33,35,36)/b24-19+,31-17?. The van der Waals surface area contributed by atoms with Gasteiger partial charge in [0.1, 0.15) is 30.1 Å². The summed E-state index contributed by atoms with van der Waals surface area (Å²) in [4.78, 5) is 29.4. The number of hydrogen-bond acceptors (Lipinski definition) is 9. The van der Waals surface area contributed by atoms with Crippen LogP contribution < -0.4 is 15.4 Å². The molecule has 0 atom stereocenters. The molecular formula is C30H35N9O2. The molecule has 5 rings (SSSR count). The Morgan fingerprint density at radius 3 is 2.76 bits per heavy atom. The van der Waals surface area contributed by atoms with Crippen LogP contribution in [0.1, 0.15) is 17.5 Å². The van der Waals surface area contributed by atoms with Gasteiger partial charge in [-0.3, -0.25) is 14.1 Å². The van der Waals surface area contributed by atoms with E-state index in [-0.39, 0.29) is 5.91 Å². The van der Waals surface area contributed by atoms with Gasteiger partial charge in [0.05, 0.1) is 17.6 Å². The van der Waals surface area contributed by atoms with Crippen LogP contribution in [0.2, 0.25) is 0 Å². The molecule has 0 bridgehead atoms. The normalized spacial score (nSPS) is 14.6. The fraction of sp³-hybridized carbons (Fsp3) is 0.300. The van der Waals surface area contributed by atoms with Crippen molar-refractivity contribution in [3.05, 3.63) is 78.5 Å². The first-order valence-electron chi connectivity index (χ1n) is 13.6. The van der Waals surface area contributed by atoms with Crippen LogP contribution >= 0.6 is 0 Å². The second-order valence-electron chi connectivity index (χ2n) is 9.86. The summed E-state index contributed by atoms with van der Waals surface area (Å²) in [5.41, 5.74) is 5.28. The predicted molar refractivity (Wildman–Crippen MR) is 160 cm³/mol. The molecule has 3 N–H and O–H groups in total. The number of aromatic nitrogens is 4. The molecule has 41 heavy (non-hydrogen) atoms. The highest BCUT2D eigenvalue weighted by Crippen LogP contribution is 2.23. The van der Waals surface area contributed by atoms with Crippen molar-refractivity contribution in [1.82, 2.24) is 34.5 Å². The van der Waals surface area contributed by atoms with Gasteiger partial charge in [-0.25, -0.2) is 15.0 Å². The minimum absolute atomic E-state index is 0.197. The van der Waals surface area contributed by atoms with Gasteiger partial charge in [0.15, 0.2) is 0 Å². The Morgan fingerprint density at radius 2 is 1.95 bits per heavy atom. The van der Waals surface area contributed by atoms with Crippen molar-refractivity contribution in [2.45, 2.75) is 13.0 Å². The zero-order chi connectivity index (χ0) is 28.6. The van der Waals surface area contributed by atoms with Gasteiger partial charge in [-0.05, 0) is 17.2 Å². The second-order valence-corrected chi connectivity index (χ2v) is 9.86. The van der Waals surface area contributed by atoms with Crippen molar-refractivity contribution < 1.29 is 9.53 Å². The topological polar surface area (TPSA) is 124 Å². The molecule has 1 amide bonds. The first-order valence-corrected chi connectivity index (χ1v) is 13.6. The minimum atomic E-state index is 0.197. The maximum absolute atomic E-state index is 11.9. The molecule has 1 fully saturated rings. The molecule has 0 aliphatic carbocycles. The maximum atomic E-state index is 11.9. The highest BCUT2D eigenvalue weighted by Gasteiger charge is 2.17. The lowest BCUT2D eigenvalue weighted by atomic mass is 10.1. The van der Waals surface area contributed by atoms with Crippen molar-refractivity contribution in [3.8, 4) is 17.1 Å². The number of fused-ring (bicyclic) bond motifs is 1. The second kappa shape index (κ2) is 13.1. The summed E-state index contributed by atoms with van der Waals surface area (Å²) in [7, 11) is 3.68. The van der Waals surface area contributed by atoms with E-state index in [1.807, 2.05) is 67.2 Å². The first-order chi connectivity index (χ1) is 20.0. The van der Waals surface area contributed by atoms with Gasteiger partial charge in [0.25, 0.3) is 0 Å². The van der Waals surface area contributed by atoms with Gasteiger partial charge in [0.2, 0.25) is 5.91 Å². The third-order valence-electron chi connectivity index (χ3n) is 7.13. The molecule has 1 aromatic carbocycles. The lowest BCUT2D eigenvalue weighted by molar-refractivity contribution is -0.129. The molecule has 1 saturated heterocycles. The number of benzene rings is 1. The van der Waals surface area contributed by atoms with E-state index in [0.29, 0.717) is 25.4 Å². The number of hydrogen-bond donors (Lipinski definition) is 3. The summed E-state index contributed by atoms with van der Waals surface area (Å²) in [6.07, 6.45) is 8.97. The Bertz CT molecular complexity index is 1530. The highest BCUT2D eigenvalue weighted by atomic mass is 16.5. The molecule has 4 heterocycles. The predicted octanol–water partition coefficient (Wildman–Crippen LogP) is 3.16. The Balaban J connectivity index is 1.19. The van der Waals surface area contributed by atoms with Gasteiger partial charge >= 0.3 is 0 Å². The molecule has 0 unspecified atom stereocenters. The van der Waals surface area contributed by atoms with E-state index in [9.17, 15) is 4.79 Å². The third-order valence-corrected chi connectivity index (χ3v) is 7.13. The monoisotopic (exact) mass is 553 g/mol. The molecule has 11 heteroatoms. The summed E-state index contributed by atoms with van der Waals surface area (Å²) in [6, 6.07) is 13.8. The number of imidazole rings is 1. The summed E-state index contributed by atoms with van der Waals surface area (Å²) >= 11 is 0. The molecular weight excluding hydrogens is 518 g/mol. The fourth-order valence-electron chi connectivity index (χ4n) is 4.70. The van der Waals surface area contributed by atoms with Crippen molar-refractivity contribution in [3.63, 3.8) is 0 Å². The average Bonchev–Trinajstić information content (AvgIpc) is 3.36. The number of nitrogens with zero attached hydrogens (tertiary/aromatic N) is 6. The number of rotatable bonds is 11. The highest BCUT2D eigenvalue weighted by molar-refractivity contribution is 6.08. The fourth-order valence-corrected chi connectivity index (χ4v) is 4.70. The number of nitrogens with one attached hydrogen (secondary N) is 3. The molecule has 0 radical (unpaired) electrons. The summed E-state index contributed by atoms with van der Waals surface area (Å²) in [6.45, 7) is 4.28. The smallest absolute Gasteiger partial charge is 0.223 e. The number of ether oxygens (including phenoxy) is 1. The molecule has 3 aromatic heterocycles. The molecule has 212 valence electrons. The molecule has 11 nitrogen and oxygen atoms in total. The van der Waals surface area contributed by atoms with Crippen LogP contribution in [0.3, 0.4) is 0 Å². The summed E-state index contributed by atoms with van der Waals surface area (Å²) in [5.74, 6) is 1.66. The van der Waals surface area contributed by atoms with Crippen LogP contribution in [-0.2, 0) is 11.3 Å². The van der Waals surface area contributed by atoms with Gasteiger partial charge in [0, 0.05) is 89.6 Å². The third kappa shape index (κ3) is 6.87. The largest absolute Gasteiger partial charge is 0.492 e. The summed E-state index contributed by atoms with van der Waals surface area (Å²) in [5, 5.41) is 13.9. The van der Waals surface area contributed by atoms with E-state index < -0.39 is 0 Å². The van der Waals surface area contributed by atoms with E-state index in [4.69, 9.17) is 10.1 Å². The molecule has 0 spiro atoms. The Kier molecular flexibility index (Phi) is 8.85. The average molecular weight is 554 g/mol. The number of pyridine rings is 1. The van der Waals surface area contributed by atoms with Crippen LogP contribution in [0.5, 0.6) is 5.75 Å². The van der Waals surface area contributed by atoms with E-state index >= 15 is 0 Å². The lowest BCUT2D eigenvalue weighted by Crippen LogP contribution is -2.32. The summed E-state index contributed by atoms with van der Waals surface area (Å²) < 4.78 is 7.99. The van der Waals surface area contributed by atoms with Crippen molar-refractivity contribution in [1.29, 1.82) is 5.41 Å². The Hall–Kier alpha value is -4.77. The van der Waals surface area contributed by atoms with E-state index in [1.165, 1.54) is 6.21 Å². The van der Waals surface area contributed by atoms with Crippen LogP contribution in [-0.4, -0.2) is 88.2 Å². The van der Waals surface area contributed by atoms with Gasteiger partial charge in [-0.2, -0.15) is 0 Å². The quantitative estimate of drug-likeness (QED) is 0.242.